The van der Waals surface area contributed by atoms with Crippen molar-refractivity contribution in [3.8, 4) is 0 Å². The van der Waals surface area contributed by atoms with E-state index < -0.39 is 0 Å². The smallest absolute Gasteiger partial charge is 0.0467 e. The Bertz CT molecular complexity index is 52.1. The molecule has 0 aliphatic carbocycles. The summed E-state index contributed by atoms with van der Waals surface area (Å²) in [5.74, 6) is 0. The van der Waals surface area contributed by atoms with Gasteiger partial charge >= 0.3 is 0 Å². The molecule has 0 fully saturated rings. The summed E-state index contributed by atoms with van der Waals surface area (Å²) in [6.45, 7) is 7.52. The van der Waals surface area contributed by atoms with Crippen LogP contribution in [0.15, 0.2) is 0 Å². The Balaban J connectivity index is 0. The maximum atomic E-state index is 4.92. The molecule has 1 nitrogen and oxygen atoms in total. The highest BCUT2D eigenvalue weighted by Gasteiger charge is 2.07. The van der Waals surface area contributed by atoms with Crippen LogP contribution in [0.1, 0.15) is 34.6 Å². The number of hydrogen-bond donors (Lipinski definition) is 0. The summed E-state index contributed by atoms with van der Waals surface area (Å²) in [5.41, 5.74) is 0.427. The number of rotatable bonds is 2. The Kier molecular flexibility index (Phi) is 6.25. The monoisotopic (exact) mass is 132 g/mol. The predicted octanol–water partition coefficient (Wildman–Crippen LogP) is 2.71. The first-order chi connectivity index (χ1) is 3.56. The summed E-state index contributed by atoms with van der Waals surface area (Å²) >= 11 is 0. The van der Waals surface area contributed by atoms with Gasteiger partial charge in [0.2, 0.25) is 0 Å². The Hall–Kier alpha value is -0.0400. The Labute approximate surface area is 59.4 Å². The maximum absolute atomic E-state index is 4.92. The molecule has 0 saturated heterocycles. The van der Waals surface area contributed by atoms with Gasteiger partial charge in [-0.05, 0) is 11.8 Å². The average Bonchev–Trinajstić information content (AvgIpc) is 1.59. The molecule has 0 heterocycles. The lowest BCUT2D eigenvalue weighted by atomic mass is 9.93. The number of methoxy groups -OCH3 is 1. The highest BCUT2D eigenvalue weighted by molar-refractivity contribution is 4.59. The molecule has 0 bridgehead atoms. The molecule has 0 aromatic heterocycles. The van der Waals surface area contributed by atoms with Gasteiger partial charge in [-0.2, -0.15) is 0 Å². The summed E-state index contributed by atoms with van der Waals surface area (Å²) in [6, 6.07) is 0. The van der Waals surface area contributed by atoms with E-state index >= 15 is 0 Å². The van der Waals surface area contributed by atoms with E-state index in [-0.39, 0.29) is 7.43 Å². The van der Waals surface area contributed by atoms with Crippen LogP contribution >= 0.6 is 0 Å². The van der Waals surface area contributed by atoms with E-state index in [0.717, 1.165) is 13.0 Å². The zero-order valence-electron chi connectivity index (χ0n) is 6.32. The fraction of sp³-hybridized carbons (Fsp3) is 1.00. The predicted molar refractivity (Wildman–Crippen MR) is 42.7 cm³/mol. The largest absolute Gasteiger partial charge is 0.385 e. The van der Waals surface area contributed by atoms with Crippen molar-refractivity contribution >= 4 is 0 Å². The fourth-order valence-electron chi connectivity index (χ4n) is 0.408. The first-order valence-corrected chi connectivity index (χ1v) is 3.05. The van der Waals surface area contributed by atoms with Crippen molar-refractivity contribution in [1.82, 2.24) is 0 Å². The summed E-state index contributed by atoms with van der Waals surface area (Å²) in [7, 11) is 1.74. The van der Waals surface area contributed by atoms with Crippen LogP contribution in [0.4, 0.5) is 0 Å². The second kappa shape index (κ2) is 4.80. The average molecular weight is 132 g/mol. The molecule has 58 valence electrons. The minimum absolute atomic E-state index is 0. The first kappa shape index (κ1) is 11.7. The lowest BCUT2D eigenvalue weighted by Gasteiger charge is -2.16. The van der Waals surface area contributed by atoms with Crippen LogP contribution in [-0.4, -0.2) is 13.7 Å². The third kappa shape index (κ3) is 11.5. The highest BCUT2D eigenvalue weighted by Crippen LogP contribution is 2.17. The lowest BCUT2D eigenvalue weighted by Crippen LogP contribution is -2.07. The Morgan fingerprint density at radius 1 is 1.22 bits per heavy atom. The minimum Gasteiger partial charge on any atom is -0.385 e. The first-order valence-electron chi connectivity index (χ1n) is 3.05. The molecule has 9 heavy (non-hydrogen) atoms. The molecule has 0 spiro atoms. The third-order valence-corrected chi connectivity index (χ3v) is 1.06. The molecule has 0 rings (SSSR count). The van der Waals surface area contributed by atoms with Crippen molar-refractivity contribution in [2.24, 2.45) is 5.41 Å². The summed E-state index contributed by atoms with van der Waals surface area (Å²) in [4.78, 5) is 0. The van der Waals surface area contributed by atoms with Crippen LogP contribution in [0, 0.1) is 5.41 Å². The quantitative estimate of drug-likeness (QED) is 0.561. The van der Waals surface area contributed by atoms with Gasteiger partial charge in [0, 0.05) is 13.7 Å². The van der Waals surface area contributed by atoms with Gasteiger partial charge in [-0.25, -0.2) is 0 Å². The Morgan fingerprint density at radius 2 is 1.67 bits per heavy atom. The van der Waals surface area contributed by atoms with Crippen molar-refractivity contribution < 1.29 is 4.74 Å². The van der Waals surface area contributed by atoms with E-state index in [1.807, 2.05) is 0 Å². The number of ether oxygens (including phenoxy) is 1. The molecule has 0 aliphatic heterocycles. The Morgan fingerprint density at radius 3 is 1.78 bits per heavy atom. The van der Waals surface area contributed by atoms with Crippen LogP contribution in [0.25, 0.3) is 0 Å². The molecule has 0 amide bonds. The summed E-state index contributed by atoms with van der Waals surface area (Å²) in [6.07, 6.45) is 1.14. The van der Waals surface area contributed by atoms with E-state index in [0.29, 0.717) is 5.41 Å². The molecule has 0 radical (unpaired) electrons. The number of hydrogen-bond acceptors (Lipinski definition) is 1. The fourth-order valence-corrected chi connectivity index (χ4v) is 0.408. The summed E-state index contributed by atoms with van der Waals surface area (Å²) < 4.78 is 4.92. The topological polar surface area (TPSA) is 9.23 Å². The molecule has 1 heteroatoms. The molecule has 0 saturated carbocycles. The van der Waals surface area contributed by atoms with Gasteiger partial charge in [-0.15, -0.1) is 0 Å². The van der Waals surface area contributed by atoms with Crippen molar-refractivity contribution in [3.63, 3.8) is 0 Å². The van der Waals surface area contributed by atoms with Gasteiger partial charge in [0.1, 0.15) is 0 Å². The van der Waals surface area contributed by atoms with Crippen molar-refractivity contribution in [3.05, 3.63) is 0 Å². The van der Waals surface area contributed by atoms with E-state index in [1.165, 1.54) is 0 Å². The molecule has 0 unspecified atom stereocenters. The third-order valence-electron chi connectivity index (χ3n) is 1.06. The van der Waals surface area contributed by atoms with Crippen LogP contribution in [0.2, 0.25) is 0 Å². The van der Waals surface area contributed by atoms with Crippen LogP contribution < -0.4 is 0 Å². The second-order valence-electron chi connectivity index (χ2n) is 3.30. The molecule has 0 aliphatic rings. The normalized spacial score (nSPS) is 10.7. The minimum atomic E-state index is 0. The van der Waals surface area contributed by atoms with Crippen LogP contribution in [0.3, 0.4) is 0 Å². The van der Waals surface area contributed by atoms with Gasteiger partial charge in [-0.1, -0.05) is 28.2 Å². The van der Waals surface area contributed by atoms with E-state index in [2.05, 4.69) is 20.8 Å². The van der Waals surface area contributed by atoms with Gasteiger partial charge in [0.05, 0.1) is 0 Å². The summed E-state index contributed by atoms with van der Waals surface area (Å²) in [5, 5.41) is 0. The zero-order valence-corrected chi connectivity index (χ0v) is 6.32. The lowest BCUT2D eigenvalue weighted by molar-refractivity contribution is 0.159. The highest BCUT2D eigenvalue weighted by atomic mass is 16.5. The molecule has 0 aromatic rings. The molecule has 0 N–H and O–H groups in total. The SMILES string of the molecule is C.COCCC(C)(C)C. The molecular weight excluding hydrogens is 112 g/mol. The van der Waals surface area contributed by atoms with Crippen molar-refractivity contribution in [2.45, 2.75) is 34.6 Å². The standard InChI is InChI=1S/C7H16O.CH4/c1-7(2,3)5-6-8-4;/h5-6H2,1-4H3;1H4. The molecular formula is C8H20O. The van der Waals surface area contributed by atoms with E-state index in [4.69, 9.17) is 4.74 Å². The molecule has 0 atom stereocenters. The zero-order chi connectivity index (χ0) is 6.62. The van der Waals surface area contributed by atoms with E-state index in [9.17, 15) is 0 Å². The molecule has 0 aromatic carbocycles. The van der Waals surface area contributed by atoms with Crippen LogP contribution in [-0.2, 0) is 4.74 Å². The van der Waals surface area contributed by atoms with Crippen LogP contribution in [0.5, 0.6) is 0 Å². The van der Waals surface area contributed by atoms with Gasteiger partial charge in [0.25, 0.3) is 0 Å². The second-order valence-corrected chi connectivity index (χ2v) is 3.30. The van der Waals surface area contributed by atoms with Gasteiger partial charge in [-0.3, -0.25) is 0 Å². The van der Waals surface area contributed by atoms with Crippen molar-refractivity contribution in [1.29, 1.82) is 0 Å². The maximum Gasteiger partial charge on any atom is 0.0467 e. The van der Waals surface area contributed by atoms with E-state index in [1.54, 1.807) is 7.11 Å². The van der Waals surface area contributed by atoms with Crippen molar-refractivity contribution in [2.75, 3.05) is 13.7 Å². The van der Waals surface area contributed by atoms with Gasteiger partial charge in [0.15, 0.2) is 0 Å². The van der Waals surface area contributed by atoms with Gasteiger partial charge < -0.3 is 4.74 Å².